The van der Waals surface area contributed by atoms with Gasteiger partial charge in [0, 0.05) is 38.5 Å². The van der Waals surface area contributed by atoms with Crippen LogP contribution in [0.2, 0.25) is 0 Å². The molecule has 2 N–H and O–H groups in total. The molecular formula is C14H22F3IN4O2. The molecule has 6 nitrogen and oxygen atoms in total. The number of aliphatic imine (C=N–C) groups is 1. The molecule has 0 saturated carbocycles. The molecule has 0 radical (unpaired) electrons. The fraction of sp³-hybridized carbons (Fsp3) is 0.571. The van der Waals surface area contributed by atoms with Gasteiger partial charge in [-0.05, 0) is 13.0 Å². The average molecular weight is 462 g/mol. The minimum Gasteiger partial charge on any atom is -0.468 e. The van der Waals surface area contributed by atoms with Crippen LogP contribution in [-0.4, -0.2) is 50.5 Å². The van der Waals surface area contributed by atoms with Crippen LogP contribution in [0.15, 0.2) is 23.3 Å². The lowest BCUT2D eigenvalue weighted by atomic mass is 10.2. The van der Waals surface area contributed by atoms with Crippen LogP contribution in [0.5, 0.6) is 5.88 Å². The number of ether oxygens (including phenoxy) is 2. The molecule has 0 aliphatic carbocycles. The quantitative estimate of drug-likeness (QED) is 0.370. The van der Waals surface area contributed by atoms with E-state index < -0.39 is 12.8 Å². The Kier molecular flexibility index (Phi) is 10.7. The van der Waals surface area contributed by atoms with Crippen LogP contribution in [0.4, 0.5) is 13.2 Å². The van der Waals surface area contributed by atoms with Crippen molar-refractivity contribution in [1.29, 1.82) is 0 Å². The van der Waals surface area contributed by atoms with Crippen LogP contribution in [0, 0.1) is 0 Å². The lowest BCUT2D eigenvalue weighted by Gasteiger charge is -2.18. The third-order valence-electron chi connectivity index (χ3n) is 2.69. The molecule has 0 amide bonds. The Morgan fingerprint density at radius 3 is 2.71 bits per heavy atom. The maximum Gasteiger partial charge on any atom is 0.422 e. The number of halogens is 4. The van der Waals surface area contributed by atoms with Gasteiger partial charge in [-0.15, -0.1) is 24.0 Å². The summed E-state index contributed by atoms with van der Waals surface area (Å²) in [6.07, 6.45) is -3.03. The topological polar surface area (TPSA) is 67.8 Å². The summed E-state index contributed by atoms with van der Waals surface area (Å²) in [5, 5.41) is 6.08. The number of guanidine groups is 1. The first kappa shape index (κ1) is 22.7. The highest BCUT2D eigenvalue weighted by molar-refractivity contribution is 14.0. The summed E-state index contributed by atoms with van der Waals surface area (Å²) in [6.45, 7) is 1.25. The van der Waals surface area contributed by atoms with Crippen LogP contribution < -0.4 is 15.4 Å². The second-order valence-electron chi connectivity index (χ2n) is 4.80. The number of nitrogens with zero attached hydrogens (tertiary/aromatic N) is 2. The molecule has 0 saturated heterocycles. The van der Waals surface area contributed by atoms with E-state index in [0.717, 1.165) is 0 Å². The lowest BCUT2D eigenvalue weighted by Crippen LogP contribution is -2.43. The van der Waals surface area contributed by atoms with Gasteiger partial charge < -0.3 is 20.1 Å². The second kappa shape index (κ2) is 11.3. The molecule has 1 aromatic rings. The Morgan fingerprint density at radius 2 is 2.12 bits per heavy atom. The van der Waals surface area contributed by atoms with Crippen LogP contribution >= 0.6 is 24.0 Å². The zero-order valence-electron chi connectivity index (χ0n) is 13.7. The highest BCUT2D eigenvalue weighted by Crippen LogP contribution is 2.19. The Labute approximate surface area is 156 Å². The van der Waals surface area contributed by atoms with Crippen molar-refractivity contribution < 1.29 is 22.6 Å². The van der Waals surface area contributed by atoms with Crippen molar-refractivity contribution in [2.24, 2.45) is 4.99 Å². The number of aromatic nitrogens is 1. The van der Waals surface area contributed by atoms with Gasteiger partial charge in [-0.1, -0.05) is 6.07 Å². The third-order valence-corrected chi connectivity index (χ3v) is 2.69. The Morgan fingerprint density at radius 1 is 1.42 bits per heavy atom. The molecule has 0 fully saturated rings. The molecule has 0 aliphatic heterocycles. The normalized spacial score (nSPS) is 13.0. The van der Waals surface area contributed by atoms with Crippen molar-refractivity contribution in [3.63, 3.8) is 0 Å². The van der Waals surface area contributed by atoms with Gasteiger partial charge in [-0.3, -0.25) is 4.99 Å². The van der Waals surface area contributed by atoms with E-state index in [1.54, 1.807) is 26.3 Å². The second-order valence-corrected chi connectivity index (χ2v) is 4.80. The molecule has 24 heavy (non-hydrogen) atoms. The number of hydrogen-bond donors (Lipinski definition) is 2. The van der Waals surface area contributed by atoms with Gasteiger partial charge in [0.25, 0.3) is 0 Å². The molecule has 0 aliphatic rings. The number of rotatable bonds is 7. The molecule has 1 rings (SSSR count). The van der Waals surface area contributed by atoms with Crippen molar-refractivity contribution in [1.82, 2.24) is 15.6 Å². The van der Waals surface area contributed by atoms with E-state index in [1.165, 1.54) is 6.20 Å². The summed E-state index contributed by atoms with van der Waals surface area (Å²) in [5.41, 5.74) is 0.499. The molecule has 0 aromatic carbocycles. The Balaban J connectivity index is 0.00000529. The van der Waals surface area contributed by atoms with Gasteiger partial charge in [0.05, 0.1) is 6.61 Å². The van der Waals surface area contributed by atoms with Crippen LogP contribution in [-0.2, 0) is 11.3 Å². The standard InChI is InChI=1S/C14H21F3N4O2.HI/c1-10(8-22-3)21-13(18-2)20-7-11-5-4-6-19-12(11)23-9-14(15,16)17;/h4-6,10H,7-9H2,1-3H3,(H2,18,20,21);1H. The largest absolute Gasteiger partial charge is 0.468 e. The highest BCUT2D eigenvalue weighted by atomic mass is 127. The number of nitrogens with one attached hydrogen (secondary N) is 2. The third kappa shape index (κ3) is 9.11. The summed E-state index contributed by atoms with van der Waals surface area (Å²) in [4.78, 5) is 7.87. The van der Waals surface area contributed by atoms with Gasteiger partial charge in [0.2, 0.25) is 5.88 Å². The van der Waals surface area contributed by atoms with E-state index in [-0.39, 0.29) is 42.4 Å². The van der Waals surface area contributed by atoms with Crippen molar-refractivity contribution in [2.45, 2.75) is 25.7 Å². The Hall–Kier alpha value is -1.30. The van der Waals surface area contributed by atoms with Gasteiger partial charge in [0.15, 0.2) is 12.6 Å². The van der Waals surface area contributed by atoms with Gasteiger partial charge >= 0.3 is 6.18 Å². The number of pyridine rings is 1. The Bertz CT molecular complexity index is 515. The molecule has 138 valence electrons. The molecule has 0 bridgehead atoms. The molecule has 1 heterocycles. The predicted molar refractivity (Wildman–Crippen MR) is 95.9 cm³/mol. The summed E-state index contributed by atoms with van der Waals surface area (Å²) in [6, 6.07) is 3.29. The monoisotopic (exact) mass is 462 g/mol. The molecular weight excluding hydrogens is 440 g/mol. The highest BCUT2D eigenvalue weighted by Gasteiger charge is 2.29. The first-order valence-corrected chi connectivity index (χ1v) is 6.95. The van der Waals surface area contributed by atoms with Crippen molar-refractivity contribution in [3.05, 3.63) is 23.9 Å². The van der Waals surface area contributed by atoms with E-state index in [0.29, 0.717) is 18.1 Å². The van der Waals surface area contributed by atoms with Crippen LogP contribution in [0.3, 0.4) is 0 Å². The number of methoxy groups -OCH3 is 1. The first-order valence-electron chi connectivity index (χ1n) is 6.95. The van der Waals surface area contributed by atoms with Crippen molar-refractivity contribution in [3.8, 4) is 5.88 Å². The van der Waals surface area contributed by atoms with E-state index >= 15 is 0 Å². The lowest BCUT2D eigenvalue weighted by molar-refractivity contribution is -0.154. The fourth-order valence-corrected chi connectivity index (χ4v) is 1.74. The minimum atomic E-state index is -4.41. The summed E-state index contributed by atoms with van der Waals surface area (Å²) >= 11 is 0. The van der Waals surface area contributed by atoms with Gasteiger partial charge in [0.1, 0.15) is 0 Å². The van der Waals surface area contributed by atoms with Gasteiger partial charge in [-0.25, -0.2) is 4.98 Å². The summed E-state index contributed by atoms with van der Waals surface area (Å²) in [5.74, 6) is 0.442. The minimum absolute atomic E-state index is 0. The molecule has 0 spiro atoms. The van der Waals surface area contributed by atoms with E-state index in [4.69, 9.17) is 9.47 Å². The average Bonchev–Trinajstić information content (AvgIpc) is 2.49. The van der Waals surface area contributed by atoms with E-state index in [9.17, 15) is 13.2 Å². The van der Waals surface area contributed by atoms with E-state index in [1.807, 2.05) is 6.92 Å². The van der Waals surface area contributed by atoms with Crippen molar-refractivity contribution in [2.75, 3.05) is 27.4 Å². The molecule has 1 atom stereocenters. The van der Waals surface area contributed by atoms with Crippen LogP contribution in [0.1, 0.15) is 12.5 Å². The number of alkyl halides is 3. The summed E-state index contributed by atoms with van der Waals surface area (Å²) < 4.78 is 46.5. The van der Waals surface area contributed by atoms with Crippen LogP contribution in [0.25, 0.3) is 0 Å². The summed E-state index contributed by atoms with van der Waals surface area (Å²) in [7, 11) is 3.19. The smallest absolute Gasteiger partial charge is 0.422 e. The molecule has 10 heteroatoms. The van der Waals surface area contributed by atoms with Gasteiger partial charge in [-0.2, -0.15) is 13.2 Å². The molecule has 1 unspecified atom stereocenters. The number of hydrogen-bond acceptors (Lipinski definition) is 4. The van der Waals surface area contributed by atoms with Crippen molar-refractivity contribution >= 4 is 29.9 Å². The fourth-order valence-electron chi connectivity index (χ4n) is 1.74. The maximum absolute atomic E-state index is 12.2. The molecule has 1 aromatic heterocycles. The van der Waals surface area contributed by atoms with E-state index in [2.05, 4.69) is 20.6 Å². The zero-order valence-corrected chi connectivity index (χ0v) is 16.0. The maximum atomic E-state index is 12.2. The SMILES string of the molecule is CN=C(NCc1cccnc1OCC(F)(F)F)NC(C)COC.I. The predicted octanol–water partition coefficient (Wildman–Crippen LogP) is 2.34. The zero-order chi connectivity index (χ0) is 17.3. The first-order chi connectivity index (χ1) is 10.9.